The highest BCUT2D eigenvalue weighted by Gasteiger charge is 2.66. The van der Waals surface area contributed by atoms with Gasteiger partial charge in [-0.3, -0.25) is 0 Å². The van der Waals surface area contributed by atoms with Gasteiger partial charge in [0.05, 0.1) is 30.5 Å². The third-order valence-electron chi connectivity index (χ3n) is 7.68. The van der Waals surface area contributed by atoms with Crippen LogP contribution in [0.15, 0.2) is 12.4 Å². The molecule has 1 aliphatic carbocycles. The second-order valence-electron chi connectivity index (χ2n) is 11.4. The number of morpholine rings is 1. The summed E-state index contributed by atoms with van der Waals surface area (Å²) in [6.07, 6.45) is 5.11. The summed E-state index contributed by atoms with van der Waals surface area (Å²) in [6.45, 7) is 12.1. The summed E-state index contributed by atoms with van der Waals surface area (Å²) >= 11 is 0. The van der Waals surface area contributed by atoms with Gasteiger partial charge < -0.3 is 29.9 Å². The van der Waals surface area contributed by atoms with E-state index in [1.165, 1.54) is 0 Å². The average molecular weight is 495 g/mol. The second-order valence-corrected chi connectivity index (χ2v) is 11.4. The Hall–Kier alpha value is -3.21. The number of ether oxygens (including phenoxy) is 2. The van der Waals surface area contributed by atoms with Crippen molar-refractivity contribution in [3.8, 4) is 11.3 Å². The van der Waals surface area contributed by atoms with E-state index in [1.54, 1.807) is 12.4 Å². The number of amides is 1. The zero-order valence-electron chi connectivity index (χ0n) is 21.4. The van der Waals surface area contributed by atoms with Crippen molar-refractivity contribution < 1.29 is 14.3 Å². The number of nitrogens with zero attached hydrogens (tertiary/aromatic N) is 7. The lowest BCUT2D eigenvalue weighted by atomic mass is 10.1. The third-order valence-corrected chi connectivity index (χ3v) is 7.68. The van der Waals surface area contributed by atoms with Crippen LogP contribution in [0.25, 0.3) is 11.3 Å². The molecule has 0 bridgehead atoms. The van der Waals surface area contributed by atoms with Gasteiger partial charge in [-0.05, 0) is 40.5 Å². The van der Waals surface area contributed by atoms with Crippen molar-refractivity contribution >= 4 is 23.8 Å². The van der Waals surface area contributed by atoms with Crippen LogP contribution >= 0.6 is 0 Å². The van der Waals surface area contributed by atoms with E-state index in [2.05, 4.69) is 26.7 Å². The van der Waals surface area contributed by atoms with E-state index in [1.807, 2.05) is 25.7 Å². The van der Waals surface area contributed by atoms with Crippen molar-refractivity contribution in [2.24, 2.45) is 5.92 Å². The van der Waals surface area contributed by atoms with Gasteiger partial charge in [-0.2, -0.15) is 4.98 Å². The van der Waals surface area contributed by atoms with Gasteiger partial charge in [-0.1, -0.05) is 0 Å². The summed E-state index contributed by atoms with van der Waals surface area (Å²) in [5.74, 6) is 2.30. The number of hydrogen-bond acceptors (Lipinski definition) is 10. The van der Waals surface area contributed by atoms with Crippen LogP contribution in [-0.4, -0.2) is 87.5 Å². The molecule has 11 nitrogen and oxygen atoms in total. The quantitative estimate of drug-likeness (QED) is 0.679. The fourth-order valence-corrected chi connectivity index (χ4v) is 5.87. The number of nitrogen functional groups attached to an aromatic ring is 1. The van der Waals surface area contributed by atoms with E-state index in [0.29, 0.717) is 31.6 Å². The molecule has 0 spiro atoms. The van der Waals surface area contributed by atoms with Crippen LogP contribution < -0.4 is 15.5 Å². The van der Waals surface area contributed by atoms with Gasteiger partial charge in [-0.25, -0.2) is 19.7 Å². The monoisotopic (exact) mass is 494 g/mol. The Bertz CT molecular complexity index is 1180. The van der Waals surface area contributed by atoms with E-state index in [0.717, 1.165) is 55.1 Å². The topological polar surface area (TPSA) is 123 Å². The van der Waals surface area contributed by atoms with Crippen molar-refractivity contribution in [2.45, 2.75) is 57.7 Å². The number of carbonyl (C=O) groups excluding carboxylic acids is 1. The highest BCUT2D eigenvalue weighted by Crippen LogP contribution is 2.57. The summed E-state index contributed by atoms with van der Waals surface area (Å²) in [4.78, 5) is 37.9. The molecule has 36 heavy (non-hydrogen) atoms. The Morgan fingerprint density at radius 2 is 2.00 bits per heavy atom. The zero-order chi connectivity index (χ0) is 25.2. The largest absolute Gasteiger partial charge is 0.444 e. The SMILES string of the molecule is C[C@H]1COCCN1c1nc(-c2cnc(N)nc2)c2c(n1)N([C@]13C[C@H]1CN(C(=O)OC(C)(C)C)C3)CC2. The summed E-state index contributed by atoms with van der Waals surface area (Å²) in [6, 6.07) is 0.170. The Labute approximate surface area is 211 Å². The summed E-state index contributed by atoms with van der Waals surface area (Å²) in [5, 5.41) is 0. The van der Waals surface area contributed by atoms with E-state index in [-0.39, 0.29) is 23.6 Å². The first-order chi connectivity index (χ1) is 17.1. The molecule has 2 saturated heterocycles. The van der Waals surface area contributed by atoms with Crippen molar-refractivity contribution in [3.63, 3.8) is 0 Å². The standard InChI is InChI=1S/C25H34N8O3/c1-15-13-35-8-7-32(15)22-29-19(16-10-27-21(26)28-11-16)18-5-6-33(20(18)30-22)25-9-17(25)12-31(14-25)23(34)36-24(2,3)4/h10-11,15,17H,5-9,12-14H2,1-4H3,(H2,26,27,28)/t15-,17-,25-/m0/s1. The van der Waals surface area contributed by atoms with Crippen LogP contribution in [0.4, 0.5) is 22.5 Å². The minimum atomic E-state index is -0.510. The third kappa shape index (κ3) is 3.89. The number of rotatable bonds is 3. The lowest BCUT2D eigenvalue weighted by Gasteiger charge is -2.35. The van der Waals surface area contributed by atoms with E-state index >= 15 is 0 Å². The van der Waals surface area contributed by atoms with Gasteiger partial charge in [0, 0.05) is 55.6 Å². The second kappa shape index (κ2) is 8.16. The highest BCUT2D eigenvalue weighted by atomic mass is 16.6. The van der Waals surface area contributed by atoms with Crippen LogP contribution in [0.3, 0.4) is 0 Å². The number of fused-ring (bicyclic) bond motifs is 2. The van der Waals surface area contributed by atoms with E-state index in [4.69, 9.17) is 25.2 Å². The van der Waals surface area contributed by atoms with Crippen LogP contribution in [0.5, 0.6) is 0 Å². The summed E-state index contributed by atoms with van der Waals surface area (Å²) < 4.78 is 11.3. The predicted octanol–water partition coefficient (Wildman–Crippen LogP) is 2.11. The zero-order valence-corrected chi connectivity index (χ0v) is 21.4. The number of anilines is 3. The van der Waals surface area contributed by atoms with Gasteiger partial charge >= 0.3 is 6.09 Å². The normalized spacial score (nSPS) is 27.2. The maximum absolute atomic E-state index is 12.8. The molecule has 2 aromatic heterocycles. The lowest BCUT2D eigenvalue weighted by molar-refractivity contribution is 0.0270. The molecule has 2 N–H and O–H groups in total. The molecular formula is C25H34N8O3. The van der Waals surface area contributed by atoms with E-state index in [9.17, 15) is 4.79 Å². The van der Waals surface area contributed by atoms with Crippen LogP contribution in [0.1, 0.15) is 39.7 Å². The molecular weight excluding hydrogens is 460 g/mol. The molecule has 6 rings (SSSR count). The molecule has 0 radical (unpaired) electrons. The molecule has 11 heteroatoms. The molecule has 1 saturated carbocycles. The number of hydrogen-bond donors (Lipinski definition) is 1. The van der Waals surface area contributed by atoms with Crippen LogP contribution in [0.2, 0.25) is 0 Å². The van der Waals surface area contributed by atoms with Crippen molar-refractivity contribution in [2.75, 3.05) is 54.9 Å². The number of carbonyl (C=O) groups is 1. The Kier molecular flexibility index (Phi) is 5.26. The molecule has 0 unspecified atom stereocenters. The summed E-state index contributed by atoms with van der Waals surface area (Å²) in [7, 11) is 0. The number of aromatic nitrogens is 4. The molecule has 3 atom stereocenters. The Balaban J connectivity index is 1.36. The number of likely N-dealkylation sites (tertiary alicyclic amines) is 1. The smallest absolute Gasteiger partial charge is 0.410 e. The molecule has 192 valence electrons. The van der Waals surface area contributed by atoms with Crippen LogP contribution in [-0.2, 0) is 15.9 Å². The molecule has 1 amide bonds. The van der Waals surface area contributed by atoms with E-state index < -0.39 is 5.60 Å². The highest BCUT2D eigenvalue weighted by molar-refractivity contribution is 5.75. The van der Waals surface area contributed by atoms with Gasteiger partial charge in [0.25, 0.3) is 0 Å². The van der Waals surface area contributed by atoms with Gasteiger partial charge in [0.1, 0.15) is 11.4 Å². The van der Waals surface area contributed by atoms with Crippen molar-refractivity contribution in [1.29, 1.82) is 0 Å². The Morgan fingerprint density at radius 3 is 2.72 bits per heavy atom. The lowest BCUT2D eigenvalue weighted by Crippen LogP contribution is -2.46. The van der Waals surface area contributed by atoms with Gasteiger partial charge in [0.2, 0.25) is 11.9 Å². The summed E-state index contributed by atoms with van der Waals surface area (Å²) in [5.41, 5.74) is 7.94. The predicted molar refractivity (Wildman–Crippen MR) is 135 cm³/mol. The first-order valence-electron chi connectivity index (χ1n) is 12.7. The first-order valence-corrected chi connectivity index (χ1v) is 12.7. The molecule has 3 fully saturated rings. The molecule has 3 aliphatic heterocycles. The molecule has 4 aliphatic rings. The van der Waals surface area contributed by atoms with Crippen molar-refractivity contribution in [1.82, 2.24) is 24.8 Å². The number of nitrogens with two attached hydrogens (primary N) is 1. The maximum Gasteiger partial charge on any atom is 0.410 e. The van der Waals surface area contributed by atoms with Gasteiger partial charge in [-0.15, -0.1) is 0 Å². The molecule has 5 heterocycles. The minimum absolute atomic E-state index is 0.0979. The van der Waals surface area contributed by atoms with Crippen molar-refractivity contribution in [3.05, 3.63) is 18.0 Å². The van der Waals surface area contributed by atoms with Gasteiger partial charge in [0.15, 0.2) is 0 Å². The number of piperidine rings is 1. The Morgan fingerprint density at radius 1 is 1.22 bits per heavy atom. The van der Waals surface area contributed by atoms with Crippen LogP contribution in [0, 0.1) is 5.92 Å². The molecule has 0 aromatic carbocycles. The fraction of sp³-hybridized carbons (Fsp3) is 0.640. The average Bonchev–Trinajstić information content (AvgIpc) is 3.16. The first kappa shape index (κ1) is 23.2. The molecule has 2 aromatic rings. The fourth-order valence-electron chi connectivity index (χ4n) is 5.87. The maximum atomic E-state index is 12.8. The minimum Gasteiger partial charge on any atom is -0.444 e.